The van der Waals surface area contributed by atoms with Crippen LogP contribution in [0.5, 0.6) is 0 Å². The summed E-state index contributed by atoms with van der Waals surface area (Å²) in [6.45, 7) is 0.922. The fourth-order valence-corrected chi connectivity index (χ4v) is 3.13. The van der Waals surface area contributed by atoms with Gasteiger partial charge >= 0.3 is 0 Å². The monoisotopic (exact) mass is 402 g/mol. The number of aromatic nitrogens is 3. The molecule has 3 aromatic rings. The number of carbonyl (C=O) groups is 1. The molecule has 29 heavy (non-hydrogen) atoms. The molecule has 2 aromatic carbocycles. The van der Waals surface area contributed by atoms with Crippen LogP contribution in [0.25, 0.3) is 0 Å². The van der Waals surface area contributed by atoms with Gasteiger partial charge in [0.1, 0.15) is 29.9 Å². The Morgan fingerprint density at radius 1 is 1.28 bits per heavy atom. The molecule has 0 aliphatic rings. The van der Waals surface area contributed by atoms with Crippen molar-refractivity contribution >= 4 is 5.91 Å². The zero-order valence-electron chi connectivity index (χ0n) is 15.6. The Labute approximate surface area is 165 Å². The quantitative estimate of drug-likeness (QED) is 0.559. The summed E-state index contributed by atoms with van der Waals surface area (Å²) < 4.78 is 29.2. The lowest BCUT2D eigenvalue weighted by Crippen LogP contribution is -2.52. The number of aliphatic hydroxyl groups is 2. The molecule has 0 fully saturated rings. The highest BCUT2D eigenvalue weighted by Gasteiger charge is 2.40. The molecule has 3 N–H and O–H groups in total. The van der Waals surface area contributed by atoms with E-state index in [1.165, 1.54) is 30.3 Å². The number of benzene rings is 2. The second kappa shape index (κ2) is 8.46. The topological polar surface area (TPSA) is 100 Å². The van der Waals surface area contributed by atoms with Gasteiger partial charge in [0.25, 0.3) is 5.91 Å². The maximum absolute atomic E-state index is 14.5. The molecule has 7 nitrogen and oxygen atoms in total. The average molecular weight is 402 g/mol. The molecule has 1 amide bonds. The number of hydrogen-bond donors (Lipinski definition) is 3. The van der Waals surface area contributed by atoms with Gasteiger partial charge in [0.15, 0.2) is 0 Å². The van der Waals surface area contributed by atoms with E-state index in [1.54, 1.807) is 18.2 Å². The standard InChI is InChI=1S/C20H20F2N4O3/c1-13(25-19(28)16-5-3-2-4-14(16)9-27)20(29,10-26-12-23-11-24-26)17-7-6-15(21)8-18(17)22/h2-8,11-13,27,29H,9-10H2,1H3,(H,25,28). The van der Waals surface area contributed by atoms with E-state index in [-0.39, 0.29) is 24.3 Å². The van der Waals surface area contributed by atoms with Crippen molar-refractivity contribution in [3.8, 4) is 0 Å². The summed E-state index contributed by atoms with van der Waals surface area (Å²) in [6.07, 6.45) is 2.59. The number of aliphatic hydroxyl groups excluding tert-OH is 1. The van der Waals surface area contributed by atoms with Gasteiger partial charge in [-0.2, -0.15) is 5.10 Å². The van der Waals surface area contributed by atoms with E-state index in [4.69, 9.17) is 0 Å². The van der Waals surface area contributed by atoms with Crippen molar-refractivity contribution < 1.29 is 23.8 Å². The predicted octanol–water partition coefficient (Wildman–Crippen LogP) is 1.75. The zero-order chi connectivity index (χ0) is 21.0. The van der Waals surface area contributed by atoms with Gasteiger partial charge in [-0.05, 0) is 24.6 Å². The van der Waals surface area contributed by atoms with Crippen molar-refractivity contribution in [3.05, 3.63) is 83.4 Å². The maximum Gasteiger partial charge on any atom is 0.251 e. The number of carbonyl (C=O) groups excluding carboxylic acids is 1. The third-order valence-electron chi connectivity index (χ3n) is 4.76. The van der Waals surface area contributed by atoms with Crippen LogP contribution in [0.4, 0.5) is 8.78 Å². The molecule has 2 atom stereocenters. The summed E-state index contributed by atoms with van der Waals surface area (Å²) in [5, 5.41) is 27.4. The van der Waals surface area contributed by atoms with Crippen LogP contribution in [0.1, 0.15) is 28.4 Å². The Balaban J connectivity index is 1.96. The van der Waals surface area contributed by atoms with Gasteiger partial charge in [0.05, 0.1) is 19.2 Å². The summed E-state index contributed by atoms with van der Waals surface area (Å²) in [7, 11) is 0. The first-order valence-electron chi connectivity index (χ1n) is 8.85. The number of rotatable bonds is 7. The predicted molar refractivity (Wildman–Crippen MR) is 99.6 cm³/mol. The third kappa shape index (κ3) is 4.30. The Kier molecular flexibility index (Phi) is 6.00. The molecule has 152 valence electrons. The van der Waals surface area contributed by atoms with Gasteiger partial charge in [0.2, 0.25) is 0 Å². The van der Waals surface area contributed by atoms with Crippen LogP contribution in [-0.4, -0.2) is 36.9 Å². The Bertz CT molecular complexity index is 997. The minimum absolute atomic E-state index is 0.197. The maximum atomic E-state index is 14.5. The van der Waals surface area contributed by atoms with Crippen LogP contribution in [0.2, 0.25) is 0 Å². The Hall–Kier alpha value is -3.17. The van der Waals surface area contributed by atoms with Crippen LogP contribution in [-0.2, 0) is 18.8 Å². The highest BCUT2D eigenvalue weighted by Crippen LogP contribution is 2.30. The fraction of sp³-hybridized carbons (Fsp3) is 0.250. The molecule has 0 saturated heterocycles. The second-order valence-corrected chi connectivity index (χ2v) is 6.65. The van der Waals surface area contributed by atoms with Crippen LogP contribution in [0.15, 0.2) is 55.1 Å². The van der Waals surface area contributed by atoms with Gasteiger partial charge in [-0.15, -0.1) is 0 Å². The zero-order valence-corrected chi connectivity index (χ0v) is 15.6. The second-order valence-electron chi connectivity index (χ2n) is 6.65. The molecule has 9 heteroatoms. The van der Waals surface area contributed by atoms with Gasteiger partial charge in [0, 0.05) is 17.2 Å². The van der Waals surface area contributed by atoms with Gasteiger partial charge in [-0.3, -0.25) is 4.79 Å². The summed E-state index contributed by atoms with van der Waals surface area (Å²) in [4.78, 5) is 16.5. The largest absolute Gasteiger partial charge is 0.392 e. The molecule has 0 aliphatic carbocycles. The summed E-state index contributed by atoms with van der Waals surface area (Å²) in [6, 6.07) is 8.26. The molecule has 0 radical (unpaired) electrons. The number of nitrogens with zero attached hydrogens (tertiary/aromatic N) is 3. The minimum atomic E-state index is -1.96. The van der Waals surface area contributed by atoms with E-state index in [0.29, 0.717) is 11.6 Å². The number of amides is 1. The minimum Gasteiger partial charge on any atom is -0.392 e. The number of nitrogens with one attached hydrogen (secondary N) is 1. The molecule has 0 bridgehead atoms. The van der Waals surface area contributed by atoms with Crippen molar-refractivity contribution in [3.63, 3.8) is 0 Å². The highest BCUT2D eigenvalue weighted by molar-refractivity contribution is 5.95. The SMILES string of the molecule is CC(NC(=O)c1ccccc1CO)C(O)(Cn1cncn1)c1ccc(F)cc1F. The third-order valence-corrected chi connectivity index (χ3v) is 4.76. The molecular formula is C20H20F2N4O3. The molecular weight excluding hydrogens is 382 g/mol. The molecule has 0 spiro atoms. The fourth-order valence-electron chi connectivity index (χ4n) is 3.13. The van der Waals surface area contributed by atoms with Crippen molar-refractivity contribution in [2.45, 2.75) is 31.7 Å². The van der Waals surface area contributed by atoms with Crippen molar-refractivity contribution in [2.75, 3.05) is 0 Å². The van der Waals surface area contributed by atoms with Gasteiger partial charge < -0.3 is 15.5 Å². The Morgan fingerprint density at radius 2 is 2.03 bits per heavy atom. The summed E-state index contributed by atoms with van der Waals surface area (Å²) in [5.41, 5.74) is -1.53. The molecule has 0 saturated carbocycles. The van der Waals surface area contributed by atoms with E-state index < -0.39 is 29.2 Å². The van der Waals surface area contributed by atoms with Gasteiger partial charge in [-0.25, -0.2) is 18.4 Å². The van der Waals surface area contributed by atoms with Crippen molar-refractivity contribution in [2.24, 2.45) is 0 Å². The van der Waals surface area contributed by atoms with E-state index in [1.807, 2.05) is 0 Å². The summed E-state index contributed by atoms with van der Waals surface area (Å²) >= 11 is 0. The lowest BCUT2D eigenvalue weighted by Gasteiger charge is -2.35. The molecule has 0 aliphatic heterocycles. The van der Waals surface area contributed by atoms with E-state index in [2.05, 4.69) is 15.4 Å². The summed E-state index contributed by atoms with van der Waals surface area (Å²) in [5.74, 6) is -2.30. The molecule has 3 rings (SSSR count). The molecule has 2 unspecified atom stereocenters. The number of hydrogen-bond acceptors (Lipinski definition) is 5. The average Bonchev–Trinajstić information content (AvgIpc) is 3.20. The first-order valence-corrected chi connectivity index (χ1v) is 8.85. The van der Waals surface area contributed by atoms with Crippen LogP contribution < -0.4 is 5.32 Å². The molecule has 1 aromatic heterocycles. The normalized spacial score (nSPS) is 14.2. The van der Waals surface area contributed by atoms with E-state index in [9.17, 15) is 23.8 Å². The first-order chi connectivity index (χ1) is 13.8. The van der Waals surface area contributed by atoms with Crippen molar-refractivity contribution in [1.29, 1.82) is 0 Å². The van der Waals surface area contributed by atoms with Crippen LogP contribution >= 0.6 is 0 Å². The van der Waals surface area contributed by atoms with Crippen LogP contribution in [0.3, 0.4) is 0 Å². The highest BCUT2D eigenvalue weighted by atomic mass is 19.1. The number of halogens is 2. The van der Waals surface area contributed by atoms with Crippen LogP contribution in [0, 0.1) is 11.6 Å². The first kappa shape index (κ1) is 20.6. The van der Waals surface area contributed by atoms with E-state index >= 15 is 0 Å². The van der Waals surface area contributed by atoms with Gasteiger partial charge in [-0.1, -0.05) is 24.3 Å². The molecule has 1 heterocycles. The lowest BCUT2D eigenvalue weighted by atomic mass is 9.86. The Morgan fingerprint density at radius 3 is 2.69 bits per heavy atom. The lowest BCUT2D eigenvalue weighted by molar-refractivity contribution is -0.0186. The van der Waals surface area contributed by atoms with E-state index in [0.717, 1.165) is 12.1 Å². The smallest absolute Gasteiger partial charge is 0.251 e. The van der Waals surface area contributed by atoms with Crippen molar-refractivity contribution in [1.82, 2.24) is 20.1 Å².